The van der Waals surface area contributed by atoms with Crippen molar-refractivity contribution in [2.24, 2.45) is 10.7 Å². The van der Waals surface area contributed by atoms with Crippen molar-refractivity contribution in [3.63, 3.8) is 0 Å². The Labute approximate surface area is 268 Å². The Morgan fingerprint density at radius 1 is 0.600 bits per heavy atom. The molecule has 9 rings (SSSR count). The average Bonchev–Trinajstić information content (AvgIpc) is 3.72. The molecule has 3 heteroatoms. The summed E-state index contributed by atoms with van der Waals surface area (Å²) in [6, 6.07) is 54.3. The van der Waals surface area contributed by atoms with Crippen molar-refractivity contribution in [3.8, 4) is 22.3 Å². The first kappa shape index (κ1) is 27.5. The minimum atomic E-state index is -0.321. The van der Waals surface area contributed by atoms with Crippen LogP contribution in [0.2, 0.25) is 0 Å². The first-order valence-electron chi connectivity index (χ1n) is 15.4. The maximum atomic E-state index is 5.94. The first-order chi connectivity index (χ1) is 22.2. The molecule has 1 atom stereocenters. The number of benzene rings is 6. The zero-order valence-electron chi connectivity index (χ0n) is 25.1. The Balaban J connectivity index is 0.000000382. The molecule has 6 aromatic carbocycles. The van der Waals surface area contributed by atoms with Crippen LogP contribution in [0.4, 0.5) is 0 Å². The highest BCUT2D eigenvalue weighted by molar-refractivity contribution is 7.20. The minimum Gasteiger partial charge on any atom is -0.312 e. The molecule has 0 fully saturated rings. The number of hydrogen-bond acceptors (Lipinski definition) is 3. The van der Waals surface area contributed by atoms with Crippen LogP contribution in [-0.2, 0) is 5.41 Å². The number of nitrogens with two attached hydrogens (primary N) is 1. The van der Waals surface area contributed by atoms with Gasteiger partial charge in [-0.1, -0.05) is 145 Å². The van der Waals surface area contributed by atoms with Crippen LogP contribution < -0.4 is 5.73 Å². The predicted octanol–water partition coefficient (Wildman–Crippen LogP) is 9.99. The Kier molecular flexibility index (Phi) is 6.79. The number of fused-ring (bicyclic) bond motifs is 12. The van der Waals surface area contributed by atoms with Crippen molar-refractivity contribution < 1.29 is 0 Å². The number of hydrogen-bond donors (Lipinski definition) is 1. The number of nitrogens with zero attached hydrogens (tertiary/aromatic N) is 1. The van der Waals surface area contributed by atoms with E-state index in [-0.39, 0.29) is 12.1 Å². The van der Waals surface area contributed by atoms with Gasteiger partial charge in [0.25, 0.3) is 0 Å². The smallest absolute Gasteiger partial charge is 0.0867 e. The molecule has 0 aliphatic heterocycles. The Hall–Kier alpha value is -5.09. The zero-order chi connectivity index (χ0) is 30.4. The summed E-state index contributed by atoms with van der Waals surface area (Å²) in [7, 11) is 0. The highest BCUT2D eigenvalue weighted by atomic mass is 32.1. The second-order valence-corrected chi connectivity index (χ2v) is 12.7. The number of aliphatic imine (C=N–C) groups is 1. The van der Waals surface area contributed by atoms with E-state index in [1.54, 1.807) is 0 Å². The molecule has 0 saturated carbocycles. The van der Waals surface area contributed by atoms with Crippen LogP contribution in [0.5, 0.6) is 0 Å². The van der Waals surface area contributed by atoms with E-state index in [0.717, 1.165) is 16.8 Å². The molecule has 0 saturated heterocycles. The van der Waals surface area contributed by atoms with Gasteiger partial charge in [-0.3, -0.25) is 4.99 Å². The molecule has 2 nitrogen and oxygen atoms in total. The van der Waals surface area contributed by atoms with Crippen molar-refractivity contribution >= 4 is 27.1 Å². The summed E-state index contributed by atoms with van der Waals surface area (Å²) in [6.07, 6.45) is 0. The van der Waals surface area contributed by atoms with Crippen LogP contribution in [0.25, 0.3) is 32.3 Å². The molecular weight excluding hydrogens is 565 g/mol. The van der Waals surface area contributed by atoms with Gasteiger partial charge in [-0.05, 0) is 52.4 Å². The Bertz CT molecular complexity index is 2210. The highest BCUT2D eigenvalue weighted by Crippen LogP contribution is 2.65. The molecule has 2 N–H and O–H groups in total. The molecule has 0 radical (unpaired) electrons. The van der Waals surface area contributed by atoms with E-state index in [2.05, 4.69) is 134 Å². The van der Waals surface area contributed by atoms with Gasteiger partial charge in [-0.15, -0.1) is 11.3 Å². The molecule has 1 spiro atoms. The number of rotatable bonds is 3. The first-order valence-corrected chi connectivity index (χ1v) is 16.2. The molecule has 45 heavy (non-hydrogen) atoms. The van der Waals surface area contributed by atoms with E-state index in [1.165, 1.54) is 59.5 Å². The van der Waals surface area contributed by atoms with E-state index in [0.29, 0.717) is 0 Å². The van der Waals surface area contributed by atoms with Crippen molar-refractivity contribution in [2.75, 3.05) is 6.67 Å². The largest absolute Gasteiger partial charge is 0.312 e. The fourth-order valence-electron chi connectivity index (χ4n) is 7.26. The second-order valence-electron chi connectivity index (χ2n) is 11.6. The van der Waals surface area contributed by atoms with E-state index in [4.69, 9.17) is 10.7 Å². The molecule has 1 unspecified atom stereocenters. The second kappa shape index (κ2) is 11.1. The lowest BCUT2D eigenvalue weighted by Gasteiger charge is -2.29. The predicted molar refractivity (Wildman–Crippen MR) is 190 cm³/mol. The van der Waals surface area contributed by atoms with Gasteiger partial charge >= 0.3 is 0 Å². The fraction of sp³-hybridized carbons (Fsp3) is 0.0714. The van der Waals surface area contributed by atoms with Crippen molar-refractivity contribution in [2.45, 2.75) is 12.3 Å². The van der Waals surface area contributed by atoms with E-state index < -0.39 is 0 Å². The molecule has 0 amide bonds. The van der Waals surface area contributed by atoms with Crippen molar-refractivity contribution in [1.82, 2.24) is 0 Å². The van der Waals surface area contributed by atoms with E-state index >= 15 is 0 Å². The topological polar surface area (TPSA) is 38.4 Å². The third-order valence-corrected chi connectivity index (χ3v) is 10.4. The maximum absolute atomic E-state index is 5.94. The molecule has 216 valence electrons. The summed E-state index contributed by atoms with van der Waals surface area (Å²) in [5.74, 6) is 0. The number of aryl methyl sites for hydroxylation is 1. The lowest BCUT2D eigenvalue weighted by Crippen LogP contribution is -2.25. The normalized spacial score (nSPS) is 15.6. The average molecular weight is 597 g/mol. The fourth-order valence-corrected chi connectivity index (χ4v) is 8.72. The molecular formula is C42H32N2S. The summed E-state index contributed by atoms with van der Waals surface area (Å²) < 4.78 is 1.34. The van der Waals surface area contributed by atoms with Gasteiger partial charge in [0, 0.05) is 31.7 Å². The Morgan fingerprint density at radius 3 is 1.91 bits per heavy atom. The van der Waals surface area contributed by atoms with Gasteiger partial charge in [-0.25, -0.2) is 0 Å². The third-order valence-electron chi connectivity index (χ3n) is 9.09. The van der Waals surface area contributed by atoms with Crippen LogP contribution in [0.15, 0.2) is 157 Å². The molecule has 1 heterocycles. The molecule has 1 aromatic heterocycles. The van der Waals surface area contributed by atoms with Crippen LogP contribution in [-0.4, -0.2) is 12.4 Å². The quantitative estimate of drug-likeness (QED) is 0.203. The summed E-state index contributed by atoms with van der Waals surface area (Å²) in [5.41, 5.74) is 19.5. The third kappa shape index (κ3) is 4.23. The van der Waals surface area contributed by atoms with Gasteiger partial charge in [0.1, 0.15) is 0 Å². The lowest BCUT2D eigenvalue weighted by atomic mass is 9.74. The summed E-state index contributed by atoms with van der Waals surface area (Å²) in [6.45, 7) is 2.33. The minimum absolute atomic E-state index is 0.250. The van der Waals surface area contributed by atoms with Crippen LogP contribution in [0.1, 0.15) is 38.3 Å². The number of thiophene rings is 1. The lowest BCUT2D eigenvalue weighted by molar-refractivity contribution is 0.811. The van der Waals surface area contributed by atoms with Gasteiger partial charge < -0.3 is 5.73 Å². The zero-order valence-corrected chi connectivity index (χ0v) is 25.9. The van der Waals surface area contributed by atoms with E-state index in [1.807, 2.05) is 35.6 Å². The molecule has 2 aliphatic rings. The highest BCUT2D eigenvalue weighted by Gasteiger charge is 2.53. The monoisotopic (exact) mass is 596 g/mol. The molecule has 7 aromatic rings. The van der Waals surface area contributed by atoms with Crippen LogP contribution in [0, 0.1) is 6.92 Å². The van der Waals surface area contributed by atoms with Gasteiger partial charge in [0.05, 0.1) is 17.8 Å². The van der Waals surface area contributed by atoms with Crippen molar-refractivity contribution in [3.05, 3.63) is 190 Å². The Morgan fingerprint density at radius 2 is 1.20 bits per heavy atom. The summed E-state index contributed by atoms with van der Waals surface area (Å²) in [5, 5.41) is 1.35. The van der Waals surface area contributed by atoms with Gasteiger partial charge in [0.15, 0.2) is 0 Å². The summed E-state index contributed by atoms with van der Waals surface area (Å²) in [4.78, 5) is 6.16. The SMILES string of the molecule is Cc1ccccc1.NC/N=C(\c1ccccc1)c1ccc2c(c1)-c1ccccc1C21c2ccccc2-c2c1sc1ccccc21. The van der Waals surface area contributed by atoms with Crippen molar-refractivity contribution in [1.29, 1.82) is 0 Å². The molecule has 0 bridgehead atoms. The van der Waals surface area contributed by atoms with E-state index in [9.17, 15) is 0 Å². The molecule has 2 aliphatic carbocycles. The maximum Gasteiger partial charge on any atom is 0.0867 e. The van der Waals surface area contributed by atoms with Crippen LogP contribution >= 0.6 is 11.3 Å². The van der Waals surface area contributed by atoms with Crippen LogP contribution in [0.3, 0.4) is 0 Å². The van der Waals surface area contributed by atoms with Gasteiger partial charge in [0.2, 0.25) is 0 Å². The standard InChI is InChI=1S/C35H24N2S.C7H8/c36-21-37-33(22-10-2-1-3-11-22)23-18-19-30-27(20-23)24-12-4-7-15-28(24)35(30)29-16-8-5-13-25(29)32-26-14-6-9-17-31(26)38-34(32)35;1-7-5-3-2-4-6-7/h1-20H,21,36H2;2-6H,1H3/b37-33+;. The van der Waals surface area contributed by atoms with Gasteiger partial charge in [-0.2, -0.15) is 0 Å². The summed E-state index contributed by atoms with van der Waals surface area (Å²) >= 11 is 1.94.